The topological polar surface area (TPSA) is 65.4 Å². The van der Waals surface area contributed by atoms with Gasteiger partial charge in [-0.05, 0) is 43.2 Å². The molecule has 1 aromatic carbocycles. The molecule has 0 aliphatic heterocycles. The average molecular weight is 349 g/mol. The van der Waals surface area contributed by atoms with Gasteiger partial charge in [-0.2, -0.15) is 0 Å². The third-order valence-corrected chi connectivity index (χ3v) is 4.21. The van der Waals surface area contributed by atoms with Crippen molar-refractivity contribution < 1.29 is 14.3 Å². The van der Waals surface area contributed by atoms with Crippen LogP contribution in [0.1, 0.15) is 29.4 Å². The number of pyridine rings is 1. The molecule has 0 atom stereocenters. The second kappa shape index (κ2) is 6.92. The first kappa shape index (κ1) is 16.2. The van der Waals surface area contributed by atoms with E-state index in [2.05, 4.69) is 10.3 Å². The smallest absolute Gasteiger partial charge is 0.272 e. The van der Waals surface area contributed by atoms with E-state index < -0.39 is 0 Å². The van der Waals surface area contributed by atoms with Gasteiger partial charge in [0, 0.05) is 24.4 Å². The molecule has 2 aromatic heterocycles. The summed E-state index contributed by atoms with van der Waals surface area (Å²) in [5, 5.41) is 2.88. The van der Waals surface area contributed by atoms with Crippen LogP contribution in [0.5, 0.6) is 17.4 Å². The number of hydrogen-bond donors (Lipinski definition) is 1. The molecule has 6 nitrogen and oxygen atoms in total. The standard InChI is InChI=1S/C20H19N3O3/c1-25-16-4-2-5-17(12-16)26-19-10-7-14(13-21-19)22-20(24)18-6-3-11-23(18)15-8-9-15/h2-7,10-13,15H,8-9H2,1H3,(H,22,24). The van der Waals surface area contributed by atoms with Gasteiger partial charge in [-0.1, -0.05) is 6.07 Å². The van der Waals surface area contributed by atoms with E-state index in [0.29, 0.717) is 34.8 Å². The number of rotatable bonds is 6. The Morgan fingerprint density at radius 3 is 2.73 bits per heavy atom. The van der Waals surface area contributed by atoms with Gasteiger partial charge in [0.1, 0.15) is 17.2 Å². The first-order valence-corrected chi connectivity index (χ1v) is 8.49. The Kier molecular flexibility index (Phi) is 4.31. The summed E-state index contributed by atoms with van der Waals surface area (Å²) in [6, 6.07) is 15.0. The number of anilines is 1. The summed E-state index contributed by atoms with van der Waals surface area (Å²) in [5.74, 6) is 1.66. The minimum Gasteiger partial charge on any atom is -0.497 e. The molecule has 3 aromatic rings. The van der Waals surface area contributed by atoms with Crippen molar-refractivity contribution in [1.29, 1.82) is 0 Å². The van der Waals surface area contributed by atoms with Crippen LogP contribution in [-0.2, 0) is 0 Å². The number of nitrogens with one attached hydrogen (secondary N) is 1. The van der Waals surface area contributed by atoms with Gasteiger partial charge < -0.3 is 19.4 Å². The number of ether oxygens (including phenoxy) is 2. The molecule has 132 valence electrons. The Hall–Kier alpha value is -3.28. The number of carbonyl (C=O) groups is 1. The third-order valence-electron chi connectivity index (χ3n) is 4.21. The van der Waals surface area contributed by atoms with Crippen LogP contribution in [-0.4, -0.2) is 22.6 Å². The highest BCUT2D eigenvalue weighted by Crippen LogP contribution is 2.36. The van der Waals surface area contributed by atoms with E-state index in [1.54, 1.807) is 31.5 Å². The number of methoxy groups -OCH3 is 1. The van der Waals surface area contributed by atoms with Crippen molar-refractivity contribution in [1.82, 2.24) is 9.55 Å². The maximum absolute atomic E-state index is 12.5. The van der Waals surface area contributed by atoms with Crippen molar-refractivity contribution >= 4 is 11.6 Å². The molecule has 6 heteroatoms. The Balaban J connectivity index is 1.42. The SMILES string of the molecule is COc1cccc(Oc2ccc(NC(=O)c3cccn3C3CC3)cn2)c1. The van der Waals surface area contributed by atoms with Crippen molar-refractivity contribution in [2.24, 2.45) is 0 Å². The summed E-state index contributed by atoms with van der Waals surface area (Å²) in [6.07, 6.45) is 5.80. The molecular formula is C20H19N3O3. The predicted molar refractivity (Wildman–Crippen MR) is 98.0 cm³/mol. The fourth-order valence-electron chi connectivity index (χ4n) is 2.75. The van der Waals surface area contributed by atoms with Crippen LogP contribution < -0.4 is 14.8 Å². The van der Waals surface area contributed by atoms with E-state index in [9.17, 15) is 4.79 Å². The first-order valence-electron chi connectivity index (χ1n) is 8.49. The second-order valence-electron chi connectivity index (χ2n) is 6.15. The van der Waals surface area contributed by atoms with Crippen molar-refractivity contribution in [3.63, 3.8) is 0 Å². The molecule has 1 aliphatic rings. The van der Waals surface area contributed by atoms with Gasteiger partial charge in [-0.25, -0.2) is 4.98 Å². The number of benzene rings is 1. The lowest BCUT2D eigenvalue weighted by molar-refractivity contribution is 0.101. The van der Waals surface area contributed by atoms with Crippen LogP contribution in [0.15, 0.2) is 60.9 Å². The van der Waals surface area contributed by atoms with Crippen LogP contribution >= 0.6 is 0 Å². The van der Waals surface area contributed by atoms with Crippen LogP contribution in [0, 0.1) is 0 Å². The Morgan fingerprint density at radius 2 is 2.00 bits per heavy atom. The summed E-state index contributed by atoms with van der Waals surface area (Å²) in [4.78, 5) is 16.7. The third kappa shape index (κ3) is 3.54. The van der Waals surface area contributed by atoms with E-state index in [1.165, 1.54) is 0 Å². The minimum atomic E-state index is -0.134. The maximum atomic E-state index is 12.5. The van der Waals surface area contributed by atoms with Crippen molar-refractivity contribution in [3.05, 3.63) is 66.6 Å². The van der Waals surface area contributed by atoms with Crippen LogP contribution in [0.3, 0.4) is 0 Å². The quantitative estimate of drug-likeness (QED) is 0.722. The van der Waals surface area contributed by atoms with E-state index >= 15 is 0 Å². The summed E-state index contributed by atoms with van der Waals surface area (Å²) in [6.45, 7) is 0. The fraction of sp³-hybridized carbons (Fsp3) is 0.200. The molecule has 0 radical (unpaired) electrons. The zero-order valence-electron chi connectivity index (χ0n) is 14.4. The first-order chi connectivity index (χ1) is 12.7. The largest absolute Gasteiger partial charge is 0.497 e. The molecule has 1 aliphatic carbocycles. The molecule has 1 fully saturated rings. The number of nitrogens with zero attached hydrogens (tertiary/aromatic N) is 2. The van der Waals surface area contributed by atoms with Crippen LogP contribution in [0.4, 0.5) is 5.69 Å². The van der Waals surface area contributed by atoms with Gasteiger partial charge in [0.05, 0.1) is 19.0 Å². The second-order valence-corrected chi connectivity index (χ2v) is 6.15. The van der Waals surface area contributed by atoms with Crippen LogP contribution in [0.25, 0.3) is 0 Å². The highest BCUT2D eigenvalue weighted by atomic mass is 16.5. The molecule has 1 amide bonds. The number of hydrogen-bond acceptors (Lipinski definition) is 4. The Bertz CT molecular complexity index is 914. The number of carbonyl (C=O) groups excluding carboxylic acids is 1. The number of aromatic nitrogens is 2. The van der Waals surface area contributed by atoms with E-state index in [0.717, 1.165) is 12.8 Å². The van der Waals surface area contributed by atoms with Gasteiger partial charge in [-0.3, -0.25) is 4.79 Å². The summed E-state index contributed by atoms with van der Waals surface area (Å²) < 4.78 is 12.9. The fourth-order valence-corrected chi connectivity index (χ4v) is 2.75. The van der Waals surface area contributed by atoms with E-state index in [1.807, 2.05) is 41.1 Å². The monoisotopic (exact) mass is 349 g/mol. The lowest BCUT2D eigenvalue weighted by Crippen LogP contribution is -2.16. The van der Waals surface area contributed by atoms with E-state index in [-0.39, 0.29) is 5.91 Å². The normalized spacial score (nSPS) is 13.3. The molecule has 0 spiro atoms. The highest BCUT2D eigenvalue weighted by Gasteiger charge is 2.26. The molecule has 1 N–H and O–H groups in total. The molecule has 0 saturated heterocycles. The van der Waals surface area contributed by atoms with Crippen LogP contribution in [0.2, 0.25) is 0 Å². The van der Waals surface area contributed by atoms with Crippen molar-refractivity contribution in [3.8, 4) is 17.4 Å². The molecule has 0 bridgehead atoms. The molecule has 4 rings (SSSR count). The Labute approximate surface area is 151 Å². The molecule has 26 heavy (non-hydrogen) atoms. The van der Waals surface area contributed by atoms with Gasteiger partial charge in [0.25, 0.3) is 5.91 Å². The maximum Gasteiger partial charge on any atom is 0.272 e. The zero-order valence-corrected chi connectivity index (χ0v) is 14.4. The highest BCUT2D eigenvalue weighted by molar-refractivity contribution is 6.03. The molecule has 2 heterocycles. The van der Waals surface area contributed by atoms with Crippen molar-refractivity contribution in [2.75, 3.05) is 12.4 Å². The lowest BCUT2D eigenvalue weighted by Gasteiger charge is -2.10. The van der Waals surface area contributed by atoms with E-state index in [4.69, 9.17) is 9.47 Å². The van der Waals surface area contributed by atoms with Crippen molar-refractivity contribution in [2.45, 2.75) is 18.9 Å². The summed E-state index contributed by atoms with van der Waals surface area (Å²) in [7, 11) is 1.61. The molecule has 1 saturated carbocycles. The van der Waals surface area contributed by atoms with Gasteiger partial charge in [0.15, 0.2) is 0 Å². The predicted octanol–water partition coefficient (Wildman–Crippen LogP) is 4.27. The number of amides is 1. The molecule has 0 unspecified atom stereocenters. The lowest BCUT2D eigenvalue weighted by atomic mass is 10.3. The minimum absolute atomic E-state index is 0.134. The zero-order chi connectivity index (χ0) is 17.9. The van der Waals surface area contributed by atoms with Gasteiger partial charge >= 0.3 is 0 Å². The average Bonchev–Trinajstić information content (AvgIpc) is 3.39. The summed E-state index contributed by atoms with van der Waals surface area (Å²) in [5.41, 5.74) is 1.29. The summed E-state index contributed by atoms with van der Waals surface area (Å²) >= 11 is 0. The Morgan fingerprint density at radius 1 is 1.15 bits per heavy atom. The van der Waals surface area contributed by atoms with Gasteiger partial charge in [-0.15, -0.1) is 0 Å². The molecular weight excluding hydrogens is 330 g/mol. The van der Waals surface area contributed by atoms with Gasteiger partial charge in [0.2, 0.25) is 5.88 Å².